The molecule has 0 saturated carbocycles. The van der Waals surface area contributed by atoms with E-state index in [1.807, 2.05) is 24.3 Å². The Labute approximate surface area is 149 Å². The lowest BCUT2D eigenvalue weighted by Gasteiger charge is -2.11. The zero-order valence-corrected chi connectivity index (χ0v) is 14.3. The number of aliphatic hydroxyl groups excluding tert-OH is 1. The molecule has 1 amide bonds. The highest BCUT2D eigenvalue weighted by molar-refractivity contribution is 6.41. The molecule has 4 nitrogen and oxygen atoms in total. The zero-order chi connectivity index (χ0) is 16.8. The summed E-state index contributed by atoms with van der Waals surface area (Å²) in [6.07, 6.45) is 0.253. The Morgan fingerprint density at radius 3 is 2.22 bits per heavy atom. The summed E-state index contributed by atoms with van der Waals surface area (Å²) in [6, 6.07) is 10.5. The van der Waals surface area contributed by atoms with Crippen molar-refractivity contribution in [2.45, 2.75) is 6.42 Å². The first-order valence-electron chi connectivity index (χ1n) is 6.87. The molecule has 122 valence electrons. The van der Waals surface area contributed by atoms with Crippen LogP contribution in [0.4, 0.5) is 11.4 Å². The minimum Gasteiger partial charge on any atom is -0.395 e. The van der Waals surface area contributed by atoms with Crippen molar-refractivity contribution in [3.8, 4) is 0 Å². The van der Waals surface area contributed by atoms with Gasteiger partial charge in [0.2, 0.25) is 5.91 Å². The molecule has 2 aromatic rings. The summed E-state index contributed by atoms with van der Waals surface area (Å²) in [5.41, 5.74) is 2.22. The molecule has 2 rings (SSSR count). The molecule has 0 fully saturated rings. The van der Waals surface area contributed by atoms with Crippen LogP contribution >= 0.6 is 34.8 Å². The van der Waals surface area contributed by atoms with E-state index < -0.39 is 0 Å². The van der Waals surface area contributed by atoms with Gasteiger partial charge in [0.05, 0.1) is 28.8 Å². The van der Waals surface area contributed by atoms with E-state index in [1.54, 1.807) is 12.1 Å². The van der Waals surface area contributed by atoms with Crippen LogP contribution in [0.1, 0.15) is 5.56 Å². The molecule has 23 heavy (non-hydrogen) atoms. The van der Waals surface area contributed by atoms with Crippen LogP contribution in [-0.2, 0) is 11.2 Å². The highest BCUT2D eigenvalue weighted by Gasteiger charge is 2.08. The molecule has 0 aliphatic carbocycles. The molecule has 0 bridgehead atoms. The maximum atomic E-state index is 11.6. The van der Waals surface area contributed by atoms with E-state index in [0.717, 1.165) is 11.3 Å². The molecule has 0 aliphatic heterocycles. The Bertz CT molecular complexity index is 667. The van der Waals surface area contributed by atoms with Crippen LogP contribution in [0.15, 0.2) is 36.4 Å². The van der Waals surface area contributed by atoms with E-state index in [2.05, 4.69) is 10.6 Å². The molecule has 0 aliphatic rings. The van der Waals surface area contributed by atoms with Crippen molar-refractivity contribution in [3.63, 3.8) is 0 Å². The average molecular weight is 374 g/mol. The van der Waals surface area contributed by atoms with Gasteiger partial charge in [-0.25, -0.2) is 0 Å². The molecular weight excluding hydrogens is 359 g/mol. The van der Waals surface area contributed by atoms with Crippen LogP contribution in [0.5, 0.6) is 0 Å². The molecule has 0 saturated heterocycles. The normalized spacial score (nSPS) is 10.4. The van der Waals surface area contributed by atoms with E-state index in [0.29, 0.717) is 20.8 Å². The first-order chi connectivity index (χ1) is 11.0. The summed E-state index contributed by atoms with van der Waals surface area (Å²) in [5, 5.41) is 15.7. The molecule has 0 unspecified atom stereocenters. The number of amides is 1. The van der Waals surface area contributed by atoms with Gasteiger partial charge in [0.25, 0.3) is 0 Å². The summed E-state index contributed by atoms with van der Waals surface area (Å²) in [5.74, 6) is -0.136. The molecule has 3 N–H and O–H groups in total. The highest BCUT2D eigenvalue weighted by Crippen LogP contribution is 2.35. The first-order valence-corrected chi connectivity index (χ1v) is 8.01. The van der Waals surface area contributed by atoms with Gasteiger partial charge in [-0.2, -0.15) is 0 Å². The fraction of sp³-hybridized carbons (Fsp3) is 0.188. The molecule has 0 atom stereocenters. The van der Waals surface area contributed by atoms with Crippen molar-refractivity contribution in [2.75, 3.05) is 18.5 Å². The van der Waals surface area contributed by atoms with Crippen LogP contribution < -0.4 is 10.6 Å². The quantitative estimate of drug-likeness (QED) is 0.716. The largest absolute Gasteiger partial charge is 0.395 e. The van der Waals surface area contributed by atoms with Gasteiger partial charge < -0.3 is 15.7 Å². The lowest BCUT2D eigenvalue weighted by molar-refractivity contribution is -0.120. The standard InChI is InChI=1S/C16H15Cl3N2O2/c17-11-8-13(18)16(14(19)9-11)21-12-3-1-10(2-4-12)7-15(23)20-5-6-22/h1-4,8-9,21-22H,5-7H2,(H,20,23). The van der Waals surface area contributed by atoms with Gasteiger partial charge in [0, 0.05) is 17.3 Å². The summed E-state index contributed by atoms with van der Waals surface area (Å²) in [6.45, 7) is 0.184. The number of anilines is 2. The third-order valence-electron chi connectivity index (χ3n) is 3.03. The van der Waals surface area contributed by atoms with E-state index in [-0.39, 0.29) is 25.5 Å². The topological polar surface area (TPSA) is 61.4 Å². The van der Waals surface area contributed by atoms with Crippen molar-refractivity contribution in [3.05, 3.63) is 57.0 Å². The first kappa shape index (κ1) is 17.9. The molecule has 0 heterocycles. The summed E-state index contributed by atoms with van der Waals surface area (Å²) in [7, 11) is 0. The number of aliphatic hydroxyl groups is 1. The number of carbonyl (C=O) groups excluding carboxylic acids is 1. The second-order valence-electron chi connectivity index (χ2n) is 4.82. The SMILES string of the molecule is O=C(Cc1ccc(Nc2c(Cl)cc(Cl)cc2Cl)cc1)NCCO. The summed E-state index contributed by atoms with van der Waals surface area (Å²) < 4.78 is 0. The van der Waals surface area contributed by atoms with Gasteiger partial charge in [-0.15, -0.1) is 0 Å². The van der Waals surface area contributed by atoms with Crippen molar-refractivity contribution in [2.24, 2.45) is 0 Å². The highest BCUT2D eigenvalue weighted by atomic mass is 35.5. The van der Waals surface area contributed by atoms with Gasteiger partial charge >= 0.3 is 0 Å². The van der Waals surface area contributed by atoms with Gasteiger partial charge in [0.1, 0.15) is 0 Å². The average Bonchev–Trinajstić information content (AvgIpc) is 2.50. The van der Waals surface area contributed by atoms with Crippen molar-refractivity contribution in [1.82, 2.24) is 5.32 Å². The predicted molar refractivity (Wildman–Crippen MR) is 95.0 cm³/mol. The summed E-state index contributed by atoms with van der Waals surface area (Å²) >= 11 is 18.1. The van der Waals surface area contributed by atoms with Gasteiger partial charge in [0.15, 0.2) is 0 Å². The maximum absolute atomic E-state index is 11.6. The molecule has 2 aromatic carbocycles. The third-order valence-corrected chi connectivity index (χ3v) is 3.84. The minimum absolute atomic E-state index is 0.0722. The van der Waals surface area contributed by atoms with E-state index in [9.17, 15) is 4.79 Å². The Balaban J connectivity index is 2.04. The lowest BCUT2D eigenvalue weighted by atomic mass is 10.1. The van der Waals surface area contributed by atoms with Gasteiger partial charge in [-0.05, 0) is 29.8 Å². The third kappa shape index (κ3) is 5.29. The summed E-state index contributed by atoms with van der Waals surface area (Å²) in [4.78, 5) is 11.6. The monoisotopic (exact) mass is 372 g/mol. The predicted octanol–water partition coefficient (Wildman–Crippen LogP) is 4.04. The fourth-order valence-electron chi connectivity index (χ4n) is 1.96. The number of halogens is 3. The van der Waals surface area contributed by atoms with E-state index >= 15 is 0 Å². The van der Waals surface area contributed by atoms with Gasteiger partial charge in [-0.1, -0.05) is 46.9 Å². The molecule has 7 heteroatoms. The maximum Gasteiger partial charge on any atom is 0.224 e. The Kier molecular flexibility index (Phi) is 6.54. The molecule has 0 aromatic heterocycles. The van der Waals surface area contributed by atoms with Crippen LogP contribution in [-0.4, -0.2) is 24.2 Å². The van der Waals surface area contributed by atoms with Crippen molar-refractivity contribution < 1.29 is 9.90 Å². The minimum atomic E-state index is -0.136. The zero-order valence-electron chi connectivity index (χ0n) is 12.1. The molecular formula is C16H15Cl3N2O2. The molecule has 0 spiro atoms. The van der Waals surface area contributed by atoms with Crippen LogP contribution in [0.2, 0.25) is 15.1 Å². The number of hydrogen-bond donors (Lipinski definition) is 3. The van der Waals surface area contributed by atoms with E-state index in [1.165, 1.54) is 0 Å². The van der Waals surface area contributed by atoms with E-state index in [4.69, 9.17) is 39.9 Å². The second kappa shape index (κ2) is 8.41. The fourth-order valence-corrected chi connectivity index (χ4v) is 2.87. The Morgan fingerprint density at radius 2 is 1.65 bits per heavy atom. The number of hydrogen-bond acceptors (Lipinski definition) is 3. The number of carbonyl (C=O) groups is 1. The Morgan fingerprint density at radius 1 is 1.04 bits per heavy atom. The van der Waals surface area contributed by atoms with Crippen LogP contribution in [0.3, 0.4) is 0 Å². The lowest BCUT2D eigenvalue weighted by Crippen LogP contribution is -2.27. The second-order valence-corrected chi connectivity index (χ2v) is 6.07. The van der Waals surface area contributed by atoms with Crippen LogP contribution in [0, 0.1) is 0 Å². The van der Waals surface area contributed by atoms with Crippen LogP contribution in [0.25, 0.3) is 0 Å². The van der Waals surface area contributed by atoms with Gasteiger partial charge in [-0.3, -0.25) is 4.79 Å². The number of rotatable bonds is 6. The smallest absolute Gasteiger partial charge is 0.224 e. The van der Waals surface area contributed by atoms with Crippen molar-refractivity contribution >= 4 is 52.1 Å². The Hall–Kier alpha value is -1.46. The van der Waals surface area contributed by atoms with Crippen molar-refractivity contribution in [1.29, 1.82) is 0 Å². The molecule has 0 radical (unpaired) electrons. The number of benzene rings is 2. The number of nitrogens with one attached hydrogen (secondary N) is 2.